The van der Waals surface area contributed by atoms with Gasteiger partial charge in [-0.3, -0.25) is 0 Å². The Bertz CT molecular complexity index is 3260. The van der Waals surface area contributed by atoms with Gasteiger partial charge in [-0.15, -0.1) is 0 Å². The fourth-order valence-corrected chi connectivity index (χ4v) is 10.8. The van der Waals surface area contributed by atoms with E-state index in [0.29, 0.717) is 5.92 Å². The van der Waals surface area contributed by atoms with Crippen LogP contribution in [0.15, 0.2) is 164 Å². The van der Waals surface area contributed by atoms with Gasteiger partial charge in [-0.25, -0.2) is 0 Å². The molecular formula is C56H43N. The van der Waals surface area contributed by atoms with Gasteiger partial charge in [0, 0.05) is 21.9 Å². The molecule has 0 radical (unpaired) electrons. The van der Waals surface area contributed by atoms with Crippen molar-refractivity contribution >= 4 is 54.1 Å². The zero-order chi connectivity index (χ0) is 38.0. The summed E-state index contributed by atoms with van der Waals surface area (Å²) in [6.45, 7) is 7.22. The molecule has 0 amide bonds. The SMILES string of the molecule is Cc1ccc2c(c1-c1ccccc1C1CCC1)C(C)(C)c1cc3c4ccccc4n(-c4ccc(-c5ccc6c7ccccc7c7ccccc7c6c5)cc4)c3cc1-2. The molecule has 12 rings (SSSR count). The predicted molar refractivity (Wildman–Crippen MR) is 243 cm³/mol. The second kappa shape index (κ2) is 12.0. The number of nitrogens with zero attached hydrogens (tertiary/aromatic N) is 1. The van der Waals surface area contributed by atoms with Gasteiger partial charge >= 0.3 is 0 Å². The lowest BCUT2D eigenvalue weighted by Gasteiger charge is -2.31. The van der Waals surface area contributed by atoms with Crippen LogP contribution in [0.25, 0.3) is 93.2 Å². The summed E-state index contributed by atoms with van der Waals surface area (Å²) < 4.78 is 2.49. The molecule has 9 aromatic carbocycles. The molecule has 0 atom stereocenters. The van der Waals surface area contributed by atoms with E-state index >= 15 is 0 Å². The summed E-state index contributed by atoms with van der Waals surface area (Å²) in [5, 5.41) is 10.4. The molecule has 0 saturated heterocycles. The van der Waals surface area contributed by atoms with Crippen molar-refractivity contribution in [1.29, 1.82) is 0 Å². The second-order valence-electron chi connectivity index (χ2n) is 17.2. The van der Waals surface area contributed by atoms with Crippen LogP contribution in [0.5, 0.6) is 0 Å². The molecule has 2 aliphatic carbocycles. The highest BCUT2D eigenvalue weighted by Gasteiger charge is 2.40. The van der Waals surface area contributed by atoms with Crippen molar-refractivity contribution in [3.8, 4) is 39.1 Å². The van der Waals surface area contributed by atoms with Gasteiger partial charge in [0.05, 0.1) is 11.0 Å². The first kappa shape index (κ1) is 32.8. The first-order valence-corrected chi connectivity index (χ1v) is 20.7. The van der Waals surface area contributed by atoms with Gasteiger partial charge < -0.3 is 4.57 Å². The van der Waals surface area contributed by atoms with Gasteiger partial charge in [0.15, 0.2) is 0 Å². The normalized spacial score (nSPS) is 14.8. The largest absolute Gasteiger partial charge is 0.309 e. The number of benzene rings is 9. The molecule has 0 bridgehead atoms. The molecule has 1 nitrogen and oxygen atoms in total. The Morgan fingerprint density at radius 1 is 0.474 bits per heavy atom. The summed E-state index contributed by atoms with van der Waals surface area (Å²) in [6, 6.07) is 61.9. The van der Waals surface area contributed by atoms with Crippen LogP contribution in [0.2, 0.25) is 0 Å². The molecular weight excluding hydrogens is 687 g/mol. The lowest BCUT2D eigenvalue weighted by Crippen LogP contribution is -2.18. The van der Waals surface area contributed by atoms with Crippen molar-refractivity contribution in [2.24, 2.45) is 0 Å². The predicted octanol–water partition coefficient (Wildman–Crippen LogP) is 15.5. The Labute approximate surface area is 333 Å². The second-order valence-corrected chi connectivity index (χ2v) is 17.2. The molecule has 1 aromatic heterocycles. The van der Waals surface area contributed by atoms with Crippen LogP contribution in [0, 0.1) is 6.92 Å². The maximum Gasteiger partial charge on any atom is 0.0547 e. The lowest BCUT2D eigenvalue weighted by molar-refractivity contribution is 0.420. The summed E-state index contributed by atoms with van der Waals surface area (Å²) in [6.07, 6.45) is 3.94. The number of aryl methyl sites for hydroxylation is 1. The lowest BCUT2D eigenvalue weighted by atomic mass is 9.73. The van der Waals surface area contributed by atoms with Crippen LogP contribution in [-0.4, -0.2) is 4.57 Å². The van der Waals surface area contributed by atoms with Crippen LogP contribution >= 0.6 is 0 Å². The third kappa shape index (κ3) is 4.63. The van der Waals surface area contributed by atoms with Gasteiger partial charge in [-0.1, -0.05) is 148 Å². The van der Waals surface area contributed by atoms with E-state index < -0.39 is 0 Å². The molecule has 0 spiro atoms. The maximum atomic E-state index is 2.53. The summed E-state index contributed by atoms with van der Waals surface area (Å²) in [5.74, 6) is 0.671. The molecule has 0 aliphatic heterocycles. The van der Waals surface area contributed by atoms with E-state index in [0.717, 1.165) is 0 Å². The van der Waals surface area contributed by atoms with Gasteiger partial charge in [0.1, 0.15) is 0 Å². The Hall–Kier alpha value is -6.44. The van der Waals surface area contributed by atoms with Gasteiger partial charge in [-0.05, 0) is 150 Å². The van der Waals surface area contributed by atoms with Gasteiger partial charge in [-0.2, -0.15) is 0 Å². The Morgan fingerprint density at radius 3 is 1.79 bits per heavy atom. The van der Waals surface area contributed by atoms with Crippen LogP contribution in [-0.2, 0) is 5.41 Å². The fraction of sp³-hybridized carbons (Fsp3) is 0.143. The highest BCUT2D eigenvalue weighted by atomic mass is 15.0. The Kier molecular flexibility index (Phi) is 6.92. The number of para-hydroxylation sites is 1. The zero-order valence-electron chi connectivity index (χ0n) is 32.7. The Morgan fingerprint density at radius 2 is 1.09 bits per heavy atom. The fourth-order valence-electron chi connectivity index (χ4n) is 10.8. The average Bonchev–Trinajstić information content (AvgIpc) is 3.67. The smallest absolute Gasteiger partial charge is 0.0547 e. The van der Waals surface area contributed by atoms with E-state index in [4.69, 9.17) is 0 Å². The molecule has 1 heterocycles. The van der Waals surface area contributed by atoms with E-state index in [2.05, 4.69) is 189 Å². The molecule has 1 heteroatoms. The van der Waals surface area contributed by atoms with E-state index in [1.54, 1.807) is 0 Å². The zero-order valence-corrected chi connectivity index (χ0v) is 32.7. The van der Waals surface area contributed by atoms with Crippen molar-refractivity contribution in [3.05, 3.63) is 186 Å². The van der Waals surface area contributed by atoms with Crippen LogP contribution in [0.3, 0.4) is 0 Å². The number of rotatable bonds is 4. The van der Waals surface area contributed by atoms with Crippen LogP contribution in [0.1, 0.15) is 61.3 Å². The first-order valence-electron chi connectivity index (χ1n) is 20.7. The monoisotopic (exact) mass is 729 g/mol. The molecule has 272 valence electrons. The van der Waals surface area contributed by atoms with Gasteiger partial charge in [0.2, 0.25) is 0 Å². The minimum Gasteiger partial charge on any atom is -0.309 e. The summed E-state index contributed by atoms with van der Waals surface area (Å²) in [7, 11) is 0. The number of hydrogen-bond acceptors (Lipinski definition) is 0. The van der Waals surface area contributed by atoms with Crippen molar-refractivity contribution in [2.45, 2.75) is 51.4 Å². The summed E-state index contributed by atoms with van der Waals surface area (Å²) in [5.41, 5.74) is 17.4. The Balaban J connectivity index is 1.02. The molecule has 57 heavy (non-hydrogen) atoms. The maximum absolute atomic E-state index is 2.53. The topological polar surface area (TPSA) is 4.93 Å². The third-order valence-corrected chi connectivity index (χ3v) is 13.8. The first-order chi connectivity index (χ1) is 28.0. The molecule has 2 aliphatic rings. The van der Waals surface area contributed by atoms with E-state index in [1.165, 1.54) is 135 Å². The highest BCUT2D eigenvalue weighted by Crippen LogP contribution is 2.56. The van der Waals surface area contributed by atoms with Gasteiger partial charge in [0.25, 0.3) is 0 Å². The molecule has 1 saturated carbocycles. The molecule has 0 unspecified atom stereocenters. The van der Waals surface area contributed by atoms with Crippen molar-refractivity contribution in [1.82, 2.24) is 4.57 Å². The average molecular weight is 730 g/mol. The number of hydrogen-bond donors (Lipinski definition) is 0. The van der Waals surface area contributed by atoms with Crippen LogP contribution < -0.4 is 0 Å². The highest BCUT2D eigenvalue weighted by molar-refractivity contribution is 6.25. The standard InChI is InChI=1S/C56H43N/c1-34-23-29-47-49-33-53-50(32-51(49)56(2,3)55(47)54(34)46-21-9-4-15-39(46)36-13-12-14-36)45-20-10-11-22-52(45)57(53)38-27-24-35(25-28-38)37-26-30-44-42-18-6-5-16-40(42)41-17-7-8-19-43(41)48(44)31-37/h4-11,15-33,36H,12-14H2,1-3H3. The molecule has 0 N–H and O–H groups in total. The molecule has 10 aromatic rings. The summed E-state index contributed by atoms with van der Waals surface area (Å²) >= 11 is 0. The van der Waals surface area contributed by atoms with Crippen molar-refractivity contribution < 1.29 is 0 Å². The minimum atomic E-state index is -0.144. The van der Waals surface area contributed by atoms with Crippen molar-refractivity contribution in [2.75, 3.05) is 0 Å². The van der Waals surface area contributed by atoms with Crippen LogP contribution in [0.4, 0.5) is 0 Å². The number of aromatic nitrogens is 1. The van der Waals surface area contributed by atoms with Crippen molar-refractivity contribution in [3.63, 3.8) is 0 Å². The summed E-state index contributed by atoms with van der Waals surface area (Å²) in [4.78, 5) is 0. The quantitative estimate of drug-likeness (QED) is 0.159. The van der Waals surface area contributed by atoms with E-state index in [1.807, 2.05) is 0 Å². The minimum absolute atomic E-state index is 0.144. The van der Waals surface area contributed by atoms with E-state index in [9.17, 15) is 0 Å². The van der Waals surface area contributed by atoms with E-state index in [-0.39, 0.29) is 5.41 Å². The third-order valence-electron chi connectivity index (χ3n) is 13.8. The molecule has 1 fully saturated rings. The number of fused-ring (bicyclic) bond motifs is 12.